The molecule has 0 spiro atoms. The molecular formula is C29H37ClN4O3S. The fourth-order valence-electron chi connectivity index (χ4n) is 6.06. The van der Waals surface area contributed by atoms with Gasteiger partial charge in [-0.3, -0.25) is 4.90 Å². The molecule has 1 saturated carbocycles. The summed E-state index contributed by atoms with van der Waals surface area (Å²) in [5.41, 5.74) is 2.37. The maximum Gasteiger partial charge on any atom is 0.322 e. The number of hydrogen-bond acceptors (Lipinski definition) is 4. The molecule has 6 rings (SSSR count). The summed E-state index contributed by atoms with van der Waals surface area (Å²) >= 11 is 6.02. The number of piperazine rings is 1. The number of amides is 2. The van der Waals surface area contributed by atoms with Gasteiger partial charge in [0, 0.05) is 56.5 Å². The van der Waals surface area contributed by atoms with Crippen molar-refractivity contribution in [1.29, 1.82) is 0 Å². The number of urea groups is 1. The van der Waals surface area contributed by atoms with E-state index in [4.69, 9.17) is 11.6 Å². The third-order valence-electron chi connectivity index (χ3n) is 8.74. The van der Waals surface area contributed by atoms with Crippen LogP contribution in [0.5, 0.6) is 0 Å². The molecule has 1 heterocycles. The molecular weight excluding hydrogens is 520 g/mol. The van der Waals surface area contributed by atoms with Gasteiger partial charge in [0.1, 0.15) is 0 Å². The highest BCUT2D eigenvalue weighted by molar-refractivity contribution is 7.89. The molecule has 3 aliphatic carbocycles. The molecule has 4 aliphatic rings. The van der Waals surface area contributed by atoms with Crippen molar-refractivity contribution in [3.05, 3.63) is 71.3 Å². The Morgan fingerprint density at radius 3 is 2.37 bits per heavy atom. The smallest absolute Gasteiger partial charge is 0.319 e. The van der Waals surface area contributed by atoms with Gasteiger partial charge in [0.2, 0.25) is 10.0 Å². The van der Waals surface area contributed by atoms with E-state index in [9.17, 15) is 13.2 Å². The average Bonchev–Trinajstić information content (AvgIpc) is 2.93. The van der Waals surface area contributed by atoms with Gasteiger partial charge in [-0.05, 0) is 66.5 Å². The van der Waals surface area contributed by atoms with Crippen LogP contribution in [0.25, 0.3) is 0 Å². The second kappa shape index (κ2) is 11.0. The summed E-state index contributed by atoms with van der Waals surface area (Å²) in [6.07, 6.45) is 4.65. The number of nitrogens with zero attached hydrogens (tertiary/aromatic N) is 3. The average molecular weight is 557 g/mol. The Morgan fingerprint density at radius 1 is 1.05 bits per heavy atom. The monoisotopic (exact) mass is 556 g/mol. The third-order valence-corrected chi connectivity index (χ3v) is 10.9. The van der Waals surface area contributed by atoms with Crippen molar-refractivity contribution in [2.45, 2.75) is 31.6 Å². The van der Waals surface area contributed by atoms with Gasteiger partial charge in [-0.1, -0.05) is 55.3 Å². The van der Waals surface area contributed by atoms with Gasteiger partial charge in [0.15, 0.2) is 0 Å². The number of fused-ring (bicyclic) bond motifs is 1. The van der Waals surface area contributed by atoms with Crippen molar-refractivity contribution in [2.75, 3.05) is 51.1 Å². The van der Waals surface area contributed by atoms with Crippen LogP contribution in [0.15, 0.2) is 71.1 Å². The Hall–Kier alpha value is -2.39. The predicted octanol–water partition coefficient (Wildman–Crippen LogP) is 5.17. The Morgan fingerprint density at radius 2 is 1.74 bits per heavy atom. The molecule has 7 nitrogen and oxygen atoms in total. The Labute approximate surface area is 231 Å². The van der Waals surface area contributed by atoms with Crippen molar-refractivity contribution >= 4 is 33.3 Å². The van der Waals surface area contributed by atoms with Gasteiger partial charge < -0.3 is 10.2 Å². The van der Waals surface area contributed by atoms with E-state index in [2.05, 4.69) is 30.1 Å². The van der Waals surface area contributed by atoms with Crippen molar-refractivity contribution in [1.82, 2.24) is 14.1 Å². The van der Waals surface area contributed by atoms with E-state index in [1.807, 2.05) is 23.1 Å². The van der Waals surface area contributed by atoms with Crippen LogP contribution in [-0.4, -0.2) is 74.4 Å². The number of carbonyl (C=O) groups excluding carboxylic acids is 1. The summed E-state index contributed by atoms with van der Waals surface area (Å²) in [5, 5.41) is 3.66. The molecule has 1 saturated heterocycles. The highest BCUT2D eigenvalue weighted by atomic mass is 35.5. The summed E-state index contributed by atoms with van der Waals surface area (Å²) < 4.78 is 27.5. The lowest BCUT2D eigenvalue weighted by atomic mass is 9.49. The first-order valence-electron chi connectivity index (χ1n) is 13.4. The molecule has 0 radical (unpaired) electrons. The van der Waals surface area contributed by atoms with Crippen LogP contribution in [0.4, 0.5) is 10.5 Å². The molecule has 1 aliphatic heterocycles. The van der Waals surface area contributed by atoms with Crippen LogP contribution in [0.3, 0.4) is 0 Å². The molecule has 2 aromatic carbocycles. The first-order valence-corrected chi connectivity index (χ1v) is 15.2. The molecule has 2 amide bonds. The number of allylic oxidation sites excluding steroid dienone is 1. The van der Waals surface area contributed by atoms with Crippen LogP contribution in [0, 0.1) is 17.3 Å². The van der Waals surface area contributed by atoms with Crippen LogP contribution in [-0.2, 0) is 10.0 Å². The number of carbonyl (C=O) groups is 1. The molecule has 38 heavy (non-hydrogen) atoms. The lowest BCUT2D eigenvalue weighted by Gasteiger charge is -2.57. The highest BCUT2D eigenvalue weighted by Crippen LogP contribution is 2.59. The number of anilines is 1. The van der Waals surface area contributed by atoms with Gasteiger partial charge >= 0.3 is 6.03 Å². The fourth-order valence-corrected chi connectivity index (χ4v) is 7.63. The summed E-state index contributed by atoms with van der Waals surface area (Å²) in [4.78, 5) is 17.9. The maximum atomic E-state index is 13.4. The molecule has 2 bridgehead atoms. The number of benzene rings is 2. The standard InChI is InChI=1S/C29H37ClN4O3S/c1-29(2)23-9-8-22(27(29)20-23)21-33(28(35)31-25-12-10-24(30)11-13-25)17-14-32-15-18-34(19-16-32)38(36,37)26-6-4-3-5-7-26/h3-8,10-13,23,27H,9,14-21H2,1-2H3,(H,31,35). The van der Waals surface area contributed by atoms with Crippen molar-refractivity contribution in [2.24, 2.45) is 17.3 Å². The summed E-state index contributed by atoms with van der Waals surface area (Å²) in [6.45, 7) is 8.73. The zero-order chi connectivity index (χ0) is 26.9. The number of rotatable bonds is 8. The molecule has 9 heteroatoms. The quantitative estimate of drug-likeness (QED) is 0.455. The molecule has 2 fully saturated rings. The largest absolute Gasteiger partial charge is 0.322 e. The zero-order valence-corrected chi connectivity index (χ0v) is 23.7. The summed E-state index contributed by atoms with van der Waals surface area (Å²) in [6, 6.07) is 15.6. The van der Waals surface area contributed by atoms with Crippen LogP contribution in [0.2, 0.25) is 5.02 Å². The summed E-state index contributed by atoms with van der Waals surface area (Å²) in [5.74, 6) is 1.27. The van der Waals surface area contributed by atoms with Crippen LogP contribution in [0.1, 0.15) is 26.7 Å². The zero-order valence-electron chi connectivity index (χ0n) is 22.1. The third kappa shape index (κ3) is 5.64. The van der Waals surface area contributed by atoms with E-state index in [-0.39, 0.29) is 6.03 Å². The Kier molecular flexibility index (Phi) is 7.87. The van der Waals surface area contributed by atoms with Crippen molar-refractivity contribution < 1.29 is 13.2 Å². The van der Waals surface area contributed by atoms with E-state index in [0.29, 0.717) is 72.8 Å². The number of halogens is 1. The highest BCUT2D eigenvalue weighted by Gasteiger charge is 2.51. The van der Waals surface area contributed by atoms with Crippen LogP contribution < -0.4 is 5.32 Å². The van der Waals surface area contributed by atoms with Gasteiger partial charge in [-0.25, -0.2) is 13.2 Å². The van der Waals surface area contributed by atoms with Gasteiger partial charge in [-0.2, -0.15) is 4.31 Å². The van der Waals surface area contributed by atoms with Gasteiger partial charge in [0.05, 0.1) is 4.90 Å². The lowest BCUT2D eigenvalue weighted by molar-refractivity contribution is -0.00967. The molecule has 2 unspecified atom stereocenters. The number of sulfonamides is 1. The maximum absolute atomic E-state index is 13.4. The Balaban J connectivity index is 1.22. The molecule has 2 atom stereocenters. The van der Waals surface area contributed by atoms with E-state index in [1.54, 1.807) is 40.7 Å². The minimum absolute atomic E-state index is 0.127. The molecule has 204 valence electrons. The molecule has 2 aromatic rings. The van der Waals surface area contributed by atoms with E-state index >= 15 is 0 Å². The minimum atomic E-state index is -3.48. The first-order chi connectivity index (χ1) is 18.1. The molecule has 1 N–H and O–H groups in total. The van der Waals surface area contributed by atoms with Gasteiger partial charge in [-0.15, -0.1) is 0 Å². The topological polar surface area (TPSA) is 73.0 Å². The van der Waals surface area contributed by atoms with Gasteiger partial charge in [0.25, 0.3) is 0 Å². The van der Waals surface area contributed by atoms with Crippen molar-refractivity contribution in [3.63, 3.8) is 0 Å². The summed E-state index contributed by atoms with van der Waals surface area (Å²) in [7, 11) is -3.48. The second-order valence-corrected chi connectivity index (χ2v) is 13.6. The normalized spacial score (nSPS) is 23.3. The molecule has 0 aromatic heterocycles. The predicted molar refractivity (Wildman–Crippen MR) is 152 cm³/mol. The van der Waals surface area contributed by atoms with E-state index in [0.717, 1.165) is 12.3 Å². The van der Waals surface area contributed by atoms with Crippen LogP contribution >= 0.6 is 11.6 Å². The lowest BCUT2D eigenvalue weighted by Crippen LogP contribution is -2.52. The Bertz CT molecular complexity index is 1270. The minimum Gasteiger partial charge on any atom is -0.319 e. The first kappa shape index (κ1) is 27.2. The number of hydrogen-bond donors (Lipinski definition) is 1. The number of nitrogens with one attached hydrogen (secondary N) is 1. The SMILES string of the molecule is CC1(C)C2CC=C(CN(CCN3CCN(S(=O)(=O)c4ccccc4)CC3)C(=O)Nc3ccc(Cl)cc3)C1C2. The van der Waals surface area contributed by atoms with E-state index in [1.165, 1.54) is 12.0 Å². The fraction of sp³-hybridized carbons (Fsp3) is 0.483. The second-order valence-electron chi connectivity index (χ2n) is 11.2. The van der Waals surface area contributed by atoms with Crippen molar-refractivity contribution in [3.8, 4) is 0 Å². The van der Waals surface area contributed by atoms with E-state index < -0.39 is 10.0 Å².